The van der Waals surface area contributed by atoms with Crippen LogP contribution in [-0.4, -0.2) is 42.9 Å². The van der Waals surface area contributed by atoms with Crippen molar-refractivity contribution in [2.24, 2.45) is 0 Å². The quantitative estimate of drug-likeness (QED) is 0.558. The molecule has 35 heavy (non-hydrogen) atoms. The molecular weight excluding hydrogens is 442 g/mol. The monoisotopic (exact) mass is 471 g/mol. The maximum Gasteiger partial charge on any atom is 0.407 e. The Morgan fingerprint density at radius 3 is 2.23 bits per heavy atom. The highest BCUT2D eigenvalue weighted by atomic mass is 16.7. The van der Waals surface area contributed by atoms with Crippen LogP contribution in [0.2, 0.25) is 0 Å². The maximum atomic E-state index is 12.7. The summed E-state index contributed by atoms with van der Waals surface area (Å²) in [4.78, 5) is 31.2. The van der Waals surface area contributed by atoms with Gasteiger partial charge in [0.2, 0.25) is 5.91 Å². The molecule has 1 aliphatic heterocycles. The van der Waals surface area contributed by atoms with E-state index >= 15 is 0 Å². The van der Waals surface area contributed by atoms with E-state index < -0.39 is 12.1 Å². The number of hydrogen-bond acceptors (Lipinski definition) is 5. The number of nitrogens with zero attached hydrogens (tertiary/aromatic N) is 1. The average Bonchev–Trinajstić information content (AvgIpc) is 3.40. The van der Waals surface area contributed by atoms with E-state index in [1.807, 2.05) is 54.6 Å². The van der Waals surface area contributed by atoms with Crippen LogP contribution in [0.15, 0.2) is 78.9 Å². The minimum atomic E-state index is -0.755. The van der Waals surface area contributed by atoms with E-state index in [9.17, 15) is 9.59 Å². The number of carbonyl (C=O) groups excluding carboxylic acids is 2. The summed E-state index contributed by atoms with van der Waals surface area (Å²) in [6, 6.07) is 25.5. The predicted molar refractivity (Wildman–Crippen MR) is 132 cm³/mol. The van der Waals surface area contributed by atoms with Gasteiger partial charge in [-0.1, -0.05) is 78.9 Å². The Balaban J connectivity index is 1.14. The summed E-state index contributed by atoms with van der Waals surface area (Å²) in [6.07, 6.45) is -0.423. The number of carbonyl (C=O) groups is 2. The van der Waals surface area contributed by atoms with Gasteiger partial charge in [-0.25, -0.2) is 4.79 Å². The Bertz CT molecular complexity index is 1170. The molecule has 7 nitrogen and oxygen atoms in total. The molecule has 0 saturated carbocycles. The number of alkyl carbamates (subject to hydrolysis) is 1. The molecule has 180 valence electrons. The Hall–Kier alpha value is -3.68. The van der Waals surface area contributed by atoms with Crippen LogP contribution in [0.5, 0.6) is 0 Å². The van der Waals surface area contributed by atoms with Crippen LogP contribution in [0.1, 0.15) is 42.1 Å². The third kappa shape index (κ3) is 4.78. The molecule has 3 atom stereocenters. The zero-order valence-electron chi connectivity index (χ0n) is 19.8. The summed E-state index contributed by atoms with van der Waals surface area (Å²) in [6.45, 7) is 1.84. The van der Waals surface area contributed by atoms with Gasteiger partial charge in [0.25, 0.3) is 0 Å². The summed E-state index contributed by atoms with van der Waals surface area (Å²) >= 11 is 0. The molecule has 2 amide bonds. The summed E-state index contributed by atoms with van der Waals surface area (Å²) in [5.74, 6) is -0.329. The first-order valence-corrected chi connectivity index (χ1v) is 11.9. The van der Waals surface area contributed by atoms with Crippen molar-refractivity contribution >= 4 is 12.0 Å². The van der Waals surface area contributed by atoms with Gasteiger partial charge in [-0.3, -0.25) is 9.63 Å². The molecule has 0 spiro atoms. The van der Waals surface area contributed by atoms with Crippen LogP contribution >= 0.6 is 0 Å². The van der Waals surface area contributed by atoms with E-state index in [-0.39, 0.29) is 30.7 Å². The number of fused-ring (bicyclic) bond motifs is 3. The Labute approximate surface area is 205 Å². The molecule has 2 aliphatic rings. The zero-order chi connectivity index (χ0) is 24.4. The van der Waals surface area contributed by atoms with Gasteiger partial charge in [0, 0.05) is 19.4 Å². The molecule has 5 rings (SSSR count). The van der Waals surface area contributed by atoms with Gasteiger partial charge in [-0.15, -0.1) is 0 Å². The number of nitrogens with one attached hydrogen (secondary N) is 2. The first kappa shape index (κ1) is 23.1. The Morgan fingerprint density at radius 1 is 0.971 bits per heavy atom. The molecule has 2 N–H and O–H groups in total. The molecule has 0 radical (unpaired) electrons. The number of hydroxylamine groups is 2. The van der Waals surface area contributed by atoms with E-state index in [0.717, 1.165) is 16.7 Å². The molecule has 1 heterocycles. The Kier molecular flexibility index (Phi) is 6.53. The largest absolute Gasteiger partial charge is 0.449 e. The Morgan fingerprint density at radius 2 is 1.57 bits per heavy atom. The lowest BCUT2D eigenvalue weighted by atomic mass is 9.98. The first-order valence-electron chi connectivity index (χ1n) is 11.9. The van der Waals surface area contributed by atoms with Crippen molar-refractivity contribution in [1.29, 1.82) is 0 Å². The molecule has 3 aromatic carbocycles. The first-order chi connectivity index (χ1) is 17.0. The lowest BCUT2D eigenvalue weighted by Crippen LogP contribution is -2.50. The molecule has 1 fully saturated rings. The standard InChI is InChI=1S/C28H29N3O4/c1-18(27(32)30-26-16-25(35-31(26)2)19-10-4-3-5-11-19)29-28(33)34-17-24-22-14-8-6-12-20(22)21-13-7-9-15-23(21)24/h3-15,18,24-26H,16-17H2,1-2H3,(H,29,33)(H,30,32)/t18-,25+,26-/m0/s1. The lowest BCUT2D eigenvalue weighted by Gasteiger charge is -2.21. The average molecular weight is 472 g/mol. The molecule has 0 unspecified atom stereocenters. The lowest BCUT2D eigenvalue weighted by molar-refractivity contribution is -0.154. The van der Waals surface area contributed by atoms with Crippen LogP contribution in [0.4, 0.5) is 4.79 Å². The second-order valence-corrected chi connectivity index (χ2v) is 9.00. The van der Waals surface area contributed by atoms with Crippen LogP contribution in [0.3, 0.4) is 0 Å². The summed E-state index contributed by atoms with van der Waals surface area (Å²) in [5, 5.41) is 7.25. The van der Waals surface area contributed by atoms with Crippen LogP contribution < -0.4 is 10.6 Å². The molecule has 7 heteroatoms. The third-order valence-corrected chi connectivity index (χ3v) is 6.72. The van der Waals surface area contributed by atoms with E-state index in [2.05, 4.69) is 34.9 Å². The summed E-state index contributed by atoms with van der Waals surface area (Å²) in [7, 11) is 1.79. The van der Waals surface area contributed by atoms with Gasteiger partial charge < -0.3 is 15.4 Å². The molecule has 1 saturated heterocycles. The van der Waals surface area contributed by atoms with E-state index in [0.29, 0.717) is 6.42 Å². The van der Waals surface area contributed by atoms with Gasteiger partial charge in [-0.2, -0.15) is 5.06 Å². The van der Waals surface area contributed by atoms with Crippen molar-refractivity contribution < 1.29 is 19.2 Å². The topological polar surface area (TPSA) is 79.9 Å². The molecule has 1 aliphatic carbocycles. The van der Waals surface area contributed by atoms with Crippen molar-refractivity contribution in [3.8, 4) is 11.1 Å². The minimum Gasteiger partial charge on any atom is -0.449 e. The van der Waals surface area contributed by atoms with E-state index in [4.69, 9.17) is 9.57 Å². The van der Waals surface area contributed by atoms with Gasteiger partial charge in [0.15, 0.2) is 0 Å². The predicted octanol–water partition coefficient (Wildman–Crippen LogP) is 4.36. The number of hydrogen-bond donors (Lipinski definition) is 2. The fourth-order valence-electron chi connectivity index (χ4n) is 4.85. The maximum absolute atomic E-state index is 12.7. The van der Waals surface area contributed by atoms with Crippen LogP contribution in [0, 0.1) is 0 Å². The fourth-order valence-corrected chi connectivity index (χ4v) is 4.85. The van der Waals surface area contributed by atoms with Gasteiger partial charge >= 0.3 is 6.09 Å². The van der Waals surface area contributed by atoms with Gasteiger partial charge in [0.1, 0.15) is 24.9 Å². The van der Waals surface area contributed by atoms with Crippen LogP contribution in [-0.2, 0) is 14.4 Å². The number of amides is 2. The second-order valence-electron chi connectivity index (χ2n) is 9.00. The molecular formula is C28H29N3O4. The molecule has 0 bridgehead atoms. The summed E-state index contributed by atoms with van der Waals surface area (Å²) in [5.41, 5.74) is 5.68. The third-order valence-electron chi connectivity index (χ3n) is 6.72. The van der Waals surface area contributed by atoms with E-state index in [1.165, 1.54) is 11.1 Å². The number of ether oxygens (including phenoxy) is 1. The normalized spacial score (nSPS) is 20.1. The van der Waals surface area contributed by atoms with E-state index in [1.54, 1.807) is 19.0 Å². The number of rotatable bonds is 6. The molecule has 3 aromatic rings. The fraction of sp³-hybridized carbons (Fsp3) is 0.286. The van der Waals surface area contributed by atoms with Crippen molar-refractivity contribution in [3.05, 3.63) is 95.6 Å². The van der Waals surface area contributed by atoms with Gasteiger partial charge in [-0.05, 0) is 34.7 Å². The summed E-state index contributed by atoms with van der Waals surface area (Å²) < 4.78 is 5.56. The van der Waals surface area contributed by atoms with Crippen LogP contribution in [0.25, 0.3) is 11.1 Å². The zero-order valence-corrected chi connectivity index (χ0v) is 19.8. The van der Waals surface area contributed by atoms with Crippen molar-refractivity contribution in [2.45, 2.75) is 37.6 Å². The van der Waals surface area contributed by atoms with Crippen molar-refractivity contribution in [2.75, 3.05) is 13.7 Å². The second kappa shape index (κ2) is 9.90. The van der Waals surface area contributed by atoms with Crippen molar-refractivity contribution in [1.82, 2.24) is 15.7 Å². The smallest absolute Gasteiger partial charge is 0.407 e. The SMILES string of the molecule is C[C@H](NC(=O)OCC1c2ccccc2-c2ccccc21)C(=O)N[C@@H]1C[C@H](c2ccccc2)ON1C. The highest BCUT2D eigenvalue weighted by Crippen LogP contribution is 2.44. The number of benzene rings is 3. The molecule has 0 aromatic heterocycles. The van der Waals surface area contributed by atoms with Crippen molar-refractivity contribution in [3.63, 3.8) is 0 Å². The highest BCUT2D eigenvalue weighted by molar-refractivity contribution is 5.85. The highest BCUT2D eigenvalue weighted by Gasteiger charge is 2.34. The minimum absolute atomic E-state index is 0.0310. The van der Waals surface area contributed by atoms with Gasteiger partial charge in [0.05, 0.1) is 0 Å².